The molecule has 0 spiro atoms. The monoisotopic (exact) mass is 272 g/mol. The molecule has 0 atom stereocenters. The van der Waals surface area contributed by atoms with Gasteiger partial charge in [-0.15, -0.1) is 0 Å². The summed E-state index contributed by atoms with van der Waals surface area (Å²) in [6.45, 7) is 0. The lowest BCUT2D eigenvalue weighted by Crippen LogP contribution is -2.34. The average molecular weight is 272 g/mol. The van der Waals surface area contributed by atoms with E-state index in [1.165, 1.54) is 18.2 Å². The van der Waals surface area contributed by atoms with Crippen molar-refractivity contribution in [1.29, 1.82) is 0 Å². The maximum absolute atomic E-state index is 12.6. The van der Waals surface area contributed by atoms with Crippen LogP contribution in [0.2, 0.25) is 0 Å². The van der Waals surface area contributed by atoms with Crippen molar-refractivity contribution < 1.29 is 23.1 Å². The third-order valence-corrected chi connectivity index (χ3v) is 3.79. The summed E-state index contributed by atoms with van der Waals surface area (Å²) in [6.07, 6.45) is -3.08. The lowest BCUT2D eigenvalue weighted by Gasteiger charge is -2.27. The van der Waals surface area contributed by atoms with E-state index in [1.807, 2.05) is 0 Å². The molecule has 104 valence electrons. The summed E-state index contributed by atoms with van der Waals surface area (Å²) in [5.41, 5.74) is -0.724. The van der Waals surface area contributed by atoms with Crippen LogP contribution >= 0.6 is 0 Å². The number of aliphatic carboxylic acids is 1. The summed E-state index contributed by atoms with van der Waals surface area (Å²) >= 11 is 0. The summed E-state index contributed by atoms with van der Waals surface area (Å²) in [7, 11) is 0. The fourth-order valence-electron chi connectivity index (χ4n) is 2.93. The SMILES string of the molecule is O=C(O)C1(c2ccccc2CC(F)(F)F)CCCC1. The van der Waals surface area contributed by atoms with E-state index in [-0.39, 0.29) is 5.56 Å². The number of halogens is 3. The molecule has 1 N–H and O–H groups in total. The predicted octanol–water partition coefficient (Wildman–Crippen LogP) is 3.69. The van der Waals surface area contributed by atoms with E-state index in [9.17, 15) is 23.1 Å². The predicted molar refractivity (Wildman–Crippen MR) is 64.0 cm³/mol. The Morgan fingerprint density at radius 1 is 1.21 bits per heavy atom. The van der Waals surface area contributed by atoms with Gasteiger partial charge in [-0.2, -0.15) is 13.2 Å². The highest BCUT2D eigenvalue weighted by atomic mass is 19.4. The van der Waals surface area contributed by atoms with Crippen LogP contribution in [0.3, 0.4) is 0 Å². The van der Waals surface area contributed by atoms with Gasteiger partial charge in [0.2, 0.25) is 0 Å². The Morgan fingerprint density at radius 2 is 1.79 bits per heavy atom. The van der Waals surface area contributed by atoms with E-state index in [4.69, 9.17) is 0 Å². The fourth-order valence-corrected chi connectivity index (χ4v) is 2.93. The topological polar surface area (TPSA) is 37.3 Å². The van der Waals surface area contributed by atoms with Gasteiger partial charge in [0.15, 0.2) is 0 Å². The molecule has 19 heavy (non-hydrogen) atoms. The first-order valence-corrected chi connectivity index (χ1v) is 6.24. The third kappa shape index (κ3) is 2.74. The van der Waals surface area contributed by atoms with Crippen LogP contribution in [0, 0.1) is 0 Å². The zero-order valence-electron chi connectivity index (χ0n) is 10.3. The maximum Gasteiger partial charge on any atom is 0.393 e. The van der Waals surface area contributed by atoms with Crippen molar-refractivity contribution in [3.8, 4) is 0 Å². The van der Waals surface area contributed by atoms with Gasteiger partial charge < -0.3 is 5.11 Å². The highest BCUT2D eigenvalue weighted by molar-refractivity contribution is 5.82. The van der Waals surface area contributed by atoms with E-state index < -0.39 is 24.0 Å². The number of hydrogen-bond acceptors (Lipinski definition) is 1. The summed E-state index contributed by atoms with van der Waals surface area (Å²) in [5, 5.41) is 9.46. The van der Waals surface area contributed by atoms with Crippen molar-refractivity contribution in [3.63, 3.8) is 0 Å². The zero-order chi connectivity index (χ0) is 14.1. The maximum atomic E-state index is 12.6. The highest BCUT2D eigenvalue weighted by Gasteiger charge is 2.45. The minimum atomic E-state index is -4.32. The Balaban J connectivity index is 2.46. The van der Waals surface area contributed by atoms with Gasteiger partial charge in [-0.25, -0.2) is 0 Å². The molecule has 2 nitrogen and oxygen atoms in total. The molecule has 1 aliphatic carbocycles. The molecule has 0 bridgehead atoms. The standard InChI is InChI=1S/C14H15F3O2/c15-14(16,17)9-10-5-1-2-6-11(10)13(12(18)19)7-3-4-8-13/h1-2,5-6H,3-4,7-9H2,(H,18,19). The summed E-state index contributed by atoms with van der Waals surface area (Å²) < 4.78 is 37.8. The zero-order valence-corrected chi connectivity index (χ0v) is 10.3. The smallest absolute Gasteiger partial charge is 0.393 e. The number of carboxylic acid groups (broad SMARTS) is 1. The van der Waals surface area contributed by atoms with Gasteiger partial charge in [-0.3, -0.25) is 4.79 Å². The van der Waals surface area contributed by atoms with E-state index in [1.54, 1.807) is 6.07 Å². The second kappa shape index (κ2) is 4.87. The van der Waals surface area contributed by atoms with Gasteiger partial charge in [0.25, 0.3) is 0 Å². The van der Waals surface area contributed by atoms with Gasteiger partial charge in [0, 0.05) is 0 Å². The van der Waals surface area contributed by atoms with Crippen LogP contribution in [0.5, 0.6) is 0 Å². The van der Waals surface area contributed by atoms with Crippen LogP contribution in [-0.2, 0) is 16.6 Å². The molecule has 0 saturated heterocycles. The first kappa shape index (κ1) is 13.9. The summed E-state index contributed by atoms with van der Waals surface area (Å²) in [4.78, 5) is 11.6. The van der Waals surface area contributed by atoms with Gasteiger partial charge in [-0.05, 0) is 24.0 Å². The molecule has 1 aromatic rings. The normalized spacial score (nSPS) is 18.5. The molecule has 0 aliphatic heterocycles. The number of hydrogen-bond donors (Lipinski definition) is 1. The van der Waals surface area contributed by atoms with Crippen LogP contribution < -0.4 is 0 Å². The Bertz CT molecular complexity index is 474. The third-order valence-electron chi connectivity index (χ3n) is 3.79. The van der Waals surface area contributed by atoms with Crippen molar-refractivity contribution in [2.45, 2.75) is 43.7 Å². The molecule has 0 amide bonds. The number of rotatable bonds is 3. The molecule has 0 unspecified atom stereocenters. The molecular formula is C14H15F3O2. The largest absolute Gasteiger partial charge is 0.481 e. The van der Waals surface area contributed by atoms with E-state index in [2.05, 4.69) is 0 Å². The average Bonchev–Trinajstić information content (AvgIpc) is 2.77. The lowest BCUT2D eigenvalue weighted by atomic mass is 9.76. The second-order valence-electron chi connectivity index (χ2n) is 5.04. The van der Waals surface area contributed by atoms with E-state index >= 15 is 0 Å². The van der Waals surface area contributed by atoms with Gasteiger partial charge in [0.05, 0.1) is 11.8 Å². The Labute approximate surface area is 109 Å². The van der Waals surface area contributed by atoms with Crippen LogP contribution in [0.15, 0.2) is 24.3 Å². The Kier molecular flexibility index (Phi) is 3.56. The molecule has 1 aromatic carbocycles. The van der Waals surface area contributed by atoms with E-state index in [0.717, 1.165) is 12.8 Å². The van der Waals surface area contributed by atoms with Crippen molar-refractivity contribution >= 4 is 5.97 Å². The minimum absolute atomic E-state index is 0.0827. The molecule has 2 rings (SSSR count). The number of benzene rings is 1. The second-order valence-corrected chi connectivity index (χ2v) is 5.04. The minimum Gasteiger partial charge on any atom is -0.481 e. The number of alkyl halides is 3. The fraction of sp³-hybridized carbons (Fsp3) is 0.500. The molecule has 1 fully saturated rings. The first-order chi connectivity index (χ1) is 8.85. The van der Waals surface area contributed by atoms with Crippen LogP contribution in [-0.4, -0.2) is 17.3 Å². The quantitative estimate of drug-likeness (QED) is 0.911. The Hall–Kier alpha value is -1.52. The first-order valence-electron chi connectivity index (χ1n) is 6.24. The van der Waals surface area contributed by atoms with Gasteiger partial charge >= 0.3 is 12.1 Å². The lowest BCUT2D eigenvalue weighted by molar-refractivity contribution is -0.144. The van der Waals surface area contributed by atoms with Gasteiger partial charge in [0.1, 0.15) is 0 Å². The highest BCUT2D eigenvalue weighted by Crippen LogP contribution is 2.43. The van der Waals surface area contributed by atoms with Gasteiger partial charge in [-0.1, -0.05) is 37.1 Å². The van der Waals surface area contributed by atoms with Crippen molar-refractivity contribution in [3.05, 3.63) is 35.4 Å². The van der Waals surface area contributed by atoms with Crippen LogP contribution in [0.25, 0.3) is 0 Å². The van der Waals surface area contributed by atoms with E-state index in [0.29, 0.717) is 18.4 Å². The molecule has 1 saturated carbocycles. The molecule has 0 aromatic heterocycles. The van der Waals surface area contributed by atoms with Crippen molar-refractivity contribution in [2.75, 3.05) is 0 Å². The number of carbonyl (C=O) groups is 1. The Morgan fingerprint density at radius 3 is 2.32 bits per heavy atom. The van der Waals surface area contributed by atoms with Crippen LogP contribution in [0.4, 0.5) is 13.2 Å². The van der Waals surface area contributed by atoms with Crippen LogP contribution in [0.1, 0.15) is 36.8 Å². The molecule has 1 aliphatic rings. The molecule has 0 heterocycles. The molecular weight excluding hydrogens is 257 g/mol. The summed E-state index contributed by atoms with van der Waals surface area (Å²) in [5.74, 6) is -1.01. The summed E-state index contributed by atoms with van der Waals surface area (Å²) in [6, 6.07) is 6.04. The molecule has 0 radical (unpaired) electrons. The molecule has 5 heteroatoms. The number of carboxylic acids is 1. The van der Waals surface area contributed by atoms with Crippen molar-refractivity contribution in [1.82, 2.24) is 0 Å². The van der Waals surface area contributed by atoms with Crippen molar-refractivity contribution in [2.24, 2.45) is 0 Å².